The van der Waals surface area contributed by atoms with Gasteiger partial charge in [0.2, 0.25) is 0 Å². The Morgan fingerprint density at radius 2 is 2.00 bits per heavy atom. The molecule has 0 aliphatic carbocycles. The Morgan fingerprint density at radius 1 is 1.36 bits per heavy atom. The molecule has 0 spiro atoms. The molecule has 2 nitrogen and oxygen atoms in total. The summed E-state index contributed by atoms with van der Waals surface area (Å²) in [4.78, 5) is 0. The first-order chi connectivity index (χ1) is 4.84. The number of para-hydroxylation sites is 1. The van der Waals surface area contributed by atoms with E-state index in [0.717, 1.165) is 5.56 Å². The molecule has 0 saturated heterocycles. The topological polar surface area (TPSA) is 26.3 Å². The molecular formula is C7H9CaO2P. The molecule has 0 atom stereocenters. The van der Waals surface area contributed by atoms with E-state index in [9.17, 15) is 4.57 Å². The summed E-state index contributed by atoms with van der Waals surface area (Å²) in [5, 5.41) is 0. The van der Waals surface area contributed by atoms with Crippen LogP contribution in [0.3, 0.4) is 0 Å². The maximum absolute atomic E-state index is 10.0. The summed E-state index contributed by atoms with van der Waals surface area (Å²) in [7, 11) is -0.300. The van der Waals surface area contributed by atoms with Crippen LogP contribution in [0.25, 0.3) is 0 Å². The third-order valence-electron chi connectivity index (χ3n) is 1.23. The minimum atomic E-state index is -0.300. The second-order valence-corrected chi connectivity index (χ2v) is 2.26. The molecule has 0 aliphatic rings. The molecule has 0 fully saturated rings. The zero-order valence-corrected chi connectivity index (χ0v) is 6.47. The Kier molecular flexibility index (Phi) is 6.16. The van der Waals surface area contributed by atoms with Gasteiger partial charge >= 0.3 is 46.4 Å². The van der Waals surface area contributed by atoms with Crippen molar-refractivity contribution < 1.29 is 9.09 Å². The van der Waals surface area contributed by atoms with E-state index in [1.807, 2.05) is 25.1 Å². The molecule has 1 aromatic carbocycles. The summed E-state index contributed by atoms with van der Waals surface area (Å²) < 4.78 is 14.8. The van der Waals surface area contributed by atoms with Crippen molar-refractivity contribution in [2.75, 3.05) is 0 Å². The average molecular weight is 196 g/mol. The van der Waals surface area contributed by atoms with E-state index in [2.05, 4.69) is 0 Å². The van der Waals surface area contributed by atoms with Gasteiger partial charge in [-0.25, -0.2) is 4.57 Å². The Labute approximate surface area is 97.2 Å². The van der Waals surface area contributed by atoms with E-state index in [1.165, 1.54) is 0 Å². The molecule has 1 aromatic rings. The third kappa shape index (κ3) is 3.52. The van der Waals surface area contributed by atoms with Crippen LogP contribution in [0.2, 0.25) is 0 Å². The summed E-state index contributed by atoms with van der Waals surface area (Å²) in [5.74, 6) is 0.666. The molecule has 0 bridgehead atoms. The number of rotatable bonds is 2. The first-order valence-corrected chi connectivity index (χ1v) is 3.63. The SMILES string of the molecule is Cc1ccccc1OP=O.[CaH2]. The van der Waals surface area contributed by atoms with Gasteiger partial charge in [0, 0.05) is 0 Å². The number of benzene rings is 1. The van der Waals surface area contributed by atoms with Crippen molar-refractivity contribution in [3.05, 3.63) is 29.8 Å². The first-order valence-electron chi connectivity index (χ1n) is 2.90. The van der Waals surface area contributed by atoms with Crippen LogP contribution in [0.1, 0.15) is 5.56 Å². The standard InChI is InChI=1S/C7H7O2P.Ca.2H/c1-6-4-2-3-5-7(6)9-10-8;;;/h2-5H,1H3;;;. The molecule has 0 amide bonds. The van der Waals surface area contributed by atoms with Crippen molar-refractivity contribution in [1.29, 1.82) is 0 Å². The van der Waals surface area contributed by atoms with Crippen LogP contribution in [-0.4, -0.2) is 37.7 Å². The van der Waals surface area contributed by atoms with Crippen LogP contribution in [0.4, 0.5) is 0 Å². The first kappa shape index (κ1) is 11.4. The van der Waals surface area contributed by atoms with E-state index in [1.54, 1.807) is 6.07 Å². The molecule has 0 N–H and O–H groups in total. The maximum atomic E-state index is 10.0. The van der Waals surface area contributed by atoms with Gasteiger partial charge in [-0.1, -0.05) is 18.2 Å². The zero-order valence-electron chi connectivity index (χ0n) is 5.57. The van der Waals surface area contributed by atoms with Crippen molar-refractivity contribution >= 4 is 46.4 Å². The van der Waals surface area contributed by atoms with Crippen LogP contribution >= 0.6 is 8.69 Å². The second kappa shape index (κ2) is 5.96. The zero-order chi connectivity index (χ0) is 7.40. The Hall–Kier alpha value is 0.380. The molecule has 1 rings (SSSR count). The molecule has 0 aliphatic heterocycles. The minimum absolute atomic E-state index is 0. The van der Waals surface area contributed by atoms with Crippen LogP contribution in [0, 0.1) is 6.92 Å². The monoisotopic (exact) mass is 196 g/mol. The molecule has 0 aromatic heterocycles. The molecular weight excluding hydrogens is 187 g/mol. The van der Waals surface area contributed by atoms with Crippen molar-refractivity contribution in [2.45, 2.75) is 6.92 Å². The van der Waals surface area contributed by atoms with Crippen LogP contribution in [-0.2, 0) is 4.57 Å². The van der Waals surface area contributed by atoms with Gasteiger partial charge in [0.1, 0.15) is 5.75 Å². The fourth-order valence-electron chi connectivity index (χ4n) is 0.699. The van der Waals surface area contributed by atoms with Gasteiger partial charge in [-0.2, -0.15) is 0 Å². The van der Waals surface area contributed by atoms with E-state index in [4.69, 9.17) is 4.52 Å². The predicted molar refractivity (Wildman–Crippen MR) is 48.0 cm³/mol. The van der Waals surface area contributed by atoms with Gasteiger partial charge < -0.3 is 4.52 Å². The number of aryl methyl sites for hydroxylation is 1. The molecule has 4 heteroatoms. The van der Waals surface area contributed by atoms with Gasteiger partial charge in [-0.05, 0) is 18.6 Å². The van der Waals surface area contributed by atoms with Gasteiger partial charge in [-0.3, -0.25) is 0 Å². The number of hydrogen-bond donors (Lipinski definition) is 0. The molecule has 11 heavy (non-hydrogen) atoms. The molecule has 0 radical (unpaired) electrons. The fourth-order valence-corrected chi connectivity index (χ4v) is 0.984. The molecule has 0 unspecified atom stereocenters. The molecule has 56 valence electrons. The summed E-state index contributed by atoms with van der Waals surface area (Å²) in [6, 6.07) is 7.43. The van der Waals surface area contributed by atoms with Gasteiger partial charge in [0.25, 0.3) is 0 Å². The van der Waals surface area contributed by atoms with Crippen LogP contribution < -0.4 is 4.52 Å². The average Bonchev–Trinajstić information content (AvgIpc) is 1.94. The van der Waals surface area contributed by atoms with E-state index < -0.39 is 0 Å². The van der Waals surface area contributed by atoms with E-state index >= 15 is 0 Å². The second-order valence-electron chi connectivity index (χ2n) is 1.93. The van der Waals surface area contributed by atoms with Crippen LogP contribution in [0.5, 0.6) is 5.75 Å². The Morgan fingerprint density at radius 3 is 2.55 bits per heavy atom. The quantitative estimate of drug-likeness (QED) is 0.531. The normalized spacial score (nSPS) is 8.82. The summed E-state index contributed by atoms with van der Waals surface area (Å²) in [6.45, 7) is 1.90. The molecule has 0 saturated carbocycles. The Balaban J connectivity index is 0.000001000. The van der Waals surface area contributed by atoms with Crippen molar-refractivity contribution in [3.63, 3.8) is 0 Å². The van der Waals surface area contributed by atoms with Gasteiger partial charge in [0.15, 0.2) is 0 Å². The third-order valence-corrected chi connectivity index (χ3v) is 1.50. The van der Waals surface area contributed by atoms with Crippen molar-refractivity contribution in [3.8, 4) is 5.75 Å². The van der Waals surface area contributed by atoms with Crippen molar-refractivity contribution in [1.82, 2.24) is 0 Å². The van der Waals surface area contributed by atoms with Gasteiger partial charge in [0.05, 0.1) is 0 Å². The van der Waals surface area contributed by atoms with E-state index in [0.29, 0.717) is 5.75 Å². The van der Waals surface area contributed by atoms with Gasteiger partial charge in [-0.15, -0.1) is 0 Å². The van der Waals surface area contributed by atoms with Crippen LogP contribution in [0.15, 0.2) is 24.3 Å². The fraction of sp³-hybridized carbons (Fsp3) is 0.143. The molecule has 0 heterocycles. The van der Waals surface area contributed by atoms with E-state index in [-0.39, 0.29) is 46.4 Å². The van der Waals surface area contributed by atoms with Crippen molar-refractivity contribution in [2.24, 2.45) is 0 Å². The summed E-state index contributed by atoms with van der Waals surface area (Å²) in [6.07, 6.45) is 0. The predicted octanol–water partition coefficient (Wildman–Crippen LogP) is 1.66. The summed E-state index contributed by atoms with van der Waals surface area (Å²) >= 11 is 0. The summed E-state index contributed by atoms with van der Waals surface area (Å²) in [5.41, 5.74) is 0.992. The number of hydrogen-bond acceptors (Lipinski definition) is 2. The Bertz CT molecular complexity index is 240.